The number of carbonyl (C=O) groups excluding carboxylic acids is 2. The third-order valence-corrected chi connectivity index (χ3v) is 4.27. The van der Waals surface area contributed by atoms with E-state index in [0.717, 1.165) is 6.42 Å². The molecule has 0 heterocycles. The molecule has 3 atom stereocenters. The molecule has 21 heavy (non-hydrogen) atoms. The lowest BCUT2D eigenvalue weighted by Gasteiger charge is -2.37. The van der Waals surface area contributed by atoms with Gasteiger partial charge in [0.25, 0.3) is 0 Å². The van der Waals surface area contributed by atoms with Gasteiger partial charge in [-0.25, -0.2) is 4.79 Å². The molecule has 3 unspecified atom stereocenters. The lowest BCUT2D eigenvalue weighted by molar-refractivity contribution is -0.122. The zero-order valence-corrected chi connectivity index (χ0v) is 13.8. The summed E-state index contributed by atoms with van der Waals surface area (Å²) in [6.45, 7) is 9.11. The minimum atomic E-state index is -0.461. The summed E-state index contributed by atoms with van der Waals surface area (Å²) in [7, 11) is 0. The molecule has 5 nitrogen and oxygen atoms in total. The summed E-state index contributed by atoms with van der Waals surface area (Å²) in [5.41, 5.74) is 0. The van der Waals surface area contributed by atoms with E-state index in [1.807, 2.05) is 0 Å². The smallest absolute Gasteiger partial charge is 0.407 e. The van der Waals surface area contributed by atoms with E-state index in [4.69, 9.17) is 4.74 Å². The zero-order valence-electron chi connectivity index (χ0n) is 13.8. The van der Waals surface area contributed by atoms with Crippen LogP contribution in [-0.4, -0.2) is 31.2 Å². The summed E-state index contributed by atoms with van der Waals surface area (Å²) >= 11 is 0. The molecular formula is C16H30N2O3. The van der Waals surface area contributed by atoms with E-state index >= 15 is 0 Å². The summed E-state index contributed by atoms with van der Waals surface area (Å²) in [6.07, 6.45) is 3.33. The summed E-state index contributed by atoms with van der Waals surface area (Å²) in [5, 5.41) is 5.73. The number of amides is 2. The van der Waals surface area contributed by atoms with Crippen molar-refractivity contribution in [1.29, 1.82) is 0 Å². The van der Waals surface area contributed by atoms with E-state index < -0.39 is 6.09 Å². The molecule has 1 fully saturated rings. The van der Waals surface area contributed by atoms with Crippen LogP contribution in [-0.2, 0) is 9.53 Å². The van der Waals surface area contributed by atoms with Crippen molar-refractivity contribution in [2.75, 3.05) is 13.2 Å². The van der Waals surface area contributed by atoms with Gasteiger partial charge in [0.05, 0.1) is 6.61 Å². The van der Waals surface area contributed by atoms with Crippen LogP contribution in [0.4, 0.5) is 4.79 Å². The molecule has 0 aromatic rings. The van der Waals surface area contributed by atoms with Crippen molar-refractivity contribution in [1.82, 2.24) is 10.6 Å². The molecule has 0 aromatic heterocycles. The average Bonchev–Trinajstić information content (AvgIpc) is 2.38. The van der Waals surface area contributed by atoms with Gasteiger partial charge >= 0.3 is 6.09 Å². The molecule has 1 saturated carbocycles. The van der Waals surface area contributed by atoms with E-state index in [9.17, 15) is 9.59 Å². The lowest BCUT2D eigenvalue weighted by Crippen LogP contribution is -2.46. The average molecular weight is 298 g/mol. The third kappa shape index (κ3) is 6.36. The Hall–Kier alpha value is -1.26. The van der Waals surface area contributed by atoms with Crippen molar-refractivity contribution in [3.05, 3.63) is 0 Å². The fourth-order valence-corrected chi connectivity index (χ4v) is 3.11. The Morgan fingerprint density at radius 3 is 2.62 bits per heavy atom. The van der Waals surface area contributed by atoms with Crippen molar-refractivity contribution in [3.63, 3.8) is 0 Å². The molecule has 1 aliphatic rings. The molecule has 0 spiro atoms. The van der Waals surface area contributed by atoms with Gasteiger partial charge in [-0.2, -0.15) is 0 Å². The normalized spacial score (nSPS) is 25.5. The topological polar surface area (TPSA) is 67.4 Å². The van der Waals surface area contributed by atoms with Crippen LogP contribution in [0.15, 0.2) is 0 Å². The molecule has 122 valence electrons. The molecule has 0 aliphatic heterocycles. The Labute approximate surface area is 128 Å². The van der Waals surface area contributed by atoms with Crippen LogP contribution in [0.1, 0.15) is 53.4 Å². The standard InChI is InChI=1S/C16H30N2O3/c1-5-21-16(20)17-9-8-15(19)18-14-10-12(4)6-7-13(14)11(2)3/h11-14H,5-10H2,1-4H3,(H,17,20)(H,18,19). The molecule has 0 radical (unpaired) electrons. The fraction of sp³-hybridized carbons (Fsp3) is 0.875. The third-order valence-electron chi connectivity index (χ3n) is 4.27. The Balaban J connectivity index is 2.35. The fourth-order valence-electron chi connectivity index (χ4n) is 3.11. The second-order valence-electron chi connectivity index (χ2n) is 6.40. The summed E-state index contributed by atoms with van der Waals surface area (Å²) in [6, 6.07) is 0.267. The van der Waals surface area contributed by atoms with E-state index in [0.29, 0.717) is 37.3 Å². The minimum Gasteiger partial charge on any atom is -0.450 e. The lowest BCUT2D eigenvalue weighted by atomic mass is 9.74. The summed E-state index contributed by atoms with van der Waals surface area (Å²) < 4.78 is 4.75. The first-order valence-corrected chi connectivity index (χ1v) is 8.14. The first-order chi connectivity index (χ1) is 9.93. The van der Waals surface area contributed by atoms with Crippen molar-refractivity contribution in [2.45, 2.75) is 59.4 Å². The number of hydrogen-bond acceptors (Lipinski definition) is 3. The largest absolute Gasteiger partial charge is 0.450 e. The molecule has 0 saturated heterocycles. The maximum absolute atomic E-state index is 12.0. The van der Waals surface area contributed by atoms with Crippen molar-refractivity contribution < 1.29 is 14.3 Å². The number of nitrogens with one attached hydrogen (secondary N) is 2. The molecule has 0 aromatic carbocycles. The van der Waals surface area contributed by atoms with Crippen molar-refractivity contribution in [3.8, 4) is 0 Å². The molecule has 1 aliphatic carbocycles. The van der Waals surface area contributed by atoms with Gasteiger partial charge in [-0.05, 0) is 37.5 Å². The number of rotatable bonds is 6. The zero-order chi connectivity index (χ0) is 15.8. The summed E-state index contributed by atoms with van der Waals surface area (Å²) in [5.74, 6) is 1.82. The highest BCUT2D eigenvalue weighted by molar-refractivity contribution is 5.77. The second-order valence-corrected chi connectivity index (χ2v) is 6.40. The van der Waals surface area contributed by atoms with Gasteiger partial charge in [0.2, 0.25) is 5.91 Å². The molecule has 1 rings (SSSR count). The molecule has 5 heteroatoms. The van der Waals surface area contributed by atoms with Crippen LogP contribution in [0.2, 0.25) is 0 Å². The second kappa shape index (κ2) is 8.90. The number of alkyl carbamates (subject to hydrolysis) is 1. The monoisotopic (exact) mass is 298 g/mol. The Morgan fingerprint density at radius 2 is 2.00 bits per heavy atom. The Morgan fingerprint density at radius 1 is 1.29 bits per heavy atom. The van der Waals surface area contributed by atoms with Gasteiger partial charge < -0.3 is 15.4 Å². The first kappa shape index (κ1) is 17.8. The SMILES string of the molecule is CCOC(=O)NCCC(=O)NC1CC(C)CCC1C(C)C. The highest BCUT2D eigenvalue weighted by Gasteiger charge is 2.31. The van der Waals surface area contributed by atoms with Crippen LogP contribution in [0.5, 0.6) is 0 Å². The number of carbonyl (C=O) groups is 2. The predicted molar refractivity (Wildman–Crippen MR) is 82.9 cm³/mol. The van der Waals surface area contributed by atoms with Gasteiger partial charge in [0.1, 0.15) is 0 Å². The van der Waals surface area contributed by atoms with Crippen molar-refractivity contribution in [2.24, 2.45) is 17.8 Å². The minimum absolute atomic E-state index is 0.0107. The Bertz CT molecular complexity index is 344. The number of ether oxygens (including phenoxy) is 1. The van der Waals surface area contributed by atoms with E-state index in [1.54, 1.807) is 6.92 Å². The molecule has 2 N–H and O–H groups in total. The van der Waals surface area contributed by atoms with E-state index in [1.165, 1.54) is 12.8 Å². The van der Waals surface area contributed by atoms with Gasteiger partial charge in [0.15, 0.2) is 0 Å². The van der Waals surface area contributed by atoms with E-state index in [-0.39, 0.29) is 11.9 Å². The van der Waals surface area contributed by atoms with Crippen LogP contribution >= 0.6 is 0 Å². The van der Waals surface area contributed by atoms with Gasteiger partial charge in [-0.1, -0.05) is 27.2 Å². The first-order valence-electron chi connectivity index (χ1n) is 8.14. The molecular weight excluding hydrogens is 268 g/mol. The predicted octanol–water partition coefficient (Wildman–Crippen LogP) is 2.70. The van der Waals surface area contributed by atoms with Gasteiger partial charge in [-0.3, -0.25) is 4.79 Å². The number of hydrogen-bond donors (Lipinski definition) is 2. The molecule has 2 amide bonds. The van der Waals surface area contributed by atoms with E-state index in [2.05, 4.69) is 31.4 Å². The van der Waals surface area contributed by atoms with Gasteiger partial charge in [0, 0.05) is 19.0 Å². The van der Waals surface area contributed by atoms with Crippen LogP contribution in [0, 0.1) is 17.8 Å². The molecule has 0 bridgehead atoms. The highest BCUT2D eigenvalue weighted by atomic mass is 16.5. The maximum atomic E-state index is 12.0. The summed E-state index contributed by atoms with van der Waals surface area (Å²) in [4.78, 5) is 23.2. The Kier molecular flexibility index (Phi) is 7.54. The highest BCUT2D eigenvalue weighted by Crippen LogP contribution is 2.33. The van der Waals surface area contributed by atoms with Crippen LogP contribution in [0.3, 0.4) is 0 Å². The van der Waals surface area contributed by atoms with Crippen LogP contribution < -0.4 is 10.6 Å². The van der Waals surface area contributed by atoms with Crippen molar-refractivity contribution >= 4 is 12.0 Å². The maximum Gasteiger partial charge on any atom is 0.407 e. The van der Waals surface area contributed by atoms with Crippen LogP contribution in [0.25, 0.3) is 0 Å². The quantitative estimate of drug-likeness (QED) is 0.792. The van der Waals surface area contributed by atoms with Gasteiger partial charge in [-0.15, -0.1) is 0 Å².